The van der Waals surface area contributed by atoms with Crippen LogP contribution in [0.2, 0.25) is 0 Å². The van der Waals surface area contributed by atoms with Gasteiger partial charge in [0.15, 0.2) is 0 Å². The smallest absolute Gasteiger partial charge is 0.310 e. The molecule has 3 fully saturated rings. The van der Waals surface area contributed by atoms with E-state index in [4.69, 9.17) is 4.74 Å². The Bertz CT molecular complexity index is 741. The van der Waals surface area contributed by atoms with E-state index in [0.29, 0.717) is 13.0 Å². The number of rotatable bonds is 7. The molecule has 9 heteroatoms. The lowest BCUT2D eigenvalue weighted by atomic mass is 9.71. The fraction of sp³-hybridized carbons (Fsp3) is 0.762. The molecule has 168 valence electrons. The highest BCUT2D eigenvalue weighted by Crippen LogP contribution is 2.68. The Morgan fingerprint density at radius 2 is 2.13 bits per heavy atom. The van der Waals surface area contributed by atoms with Gasteiger partial charge in [0.2, 0.25) is 11.8 Å². The first-order valence-corrected chi connectivity index (χ1v) is 12.2. The van der Waals surface area contributed by atoms with Crippen LogP contribution in [0.25, 0.3) is 0 Å². The monoisotopic (exact) mass is 502 g/mol. The summed E-state index contributed by atoms with van der Waals surface area (Å²) in [5.74, 6) is -1.99. The second-order valence-corrected chi connectivity index (χ2v) is 11.8. The molecule has 0 aromatic rings. The van der Waals surface area contributed by atoms with E-state index in [-0.39, 0.29) is 47.6 Å². The van der Waals surface area contributed by atoms with E-state index in [9.17, 15) is 19.5 Å². The molecule has 3 rings (SSSR count). The van der Waals surface area contributed by atoms with E-state index >= 15 is 0 Å². The molecule has 2 amide bonds. The Morgan fingerprint density at radius 1 is 1.47 bits per heavy atom. The number of alkyl halides is 1. The largest absolute Gasteiger partial charge is 0.466 e. The number of ether oxygens (including phenoxy) is 1. The molecule has 0 radical (unpaired) electrons. The number of β-amino-alcohol motifs (C(OH)–C–C–N with tert-alkyl or cyclic N) is 1. The third kappa shape index (κ3) is 3.50. The normalized spacial score (nSPS) is 34.8. The molecule has 3 heterocycles. The average Bonchev–Trinajstić information content (AvgIpc) is 3.23. The van der Waals surface area contributed by atoms with Crippen LogP contribution in [0.15, 0.2) is 12.7 Å². The van der Waals surface area contributed by atoms with Crippen molar-refractivity contribution in [3.63, 3.8) is 0 Å². The molecule has 6 atom stereocenters. The molecule has 0 aliphatic carbocycles. The zero-order valence-corrected chi connectivity index (χ0v) is 20.4. The zero-order valence-electron chi connectivity index (χ0n) is 18.0. The molecule has 7 nitrogen and oxygen atoms in total. The maximum atomic E-state index is 13.9. The van der Waals surface area contributed by atoms with Crippen LogP contribution in [0.4, 0.5) is 0 Å². The number of aliphatic hydroxyl groups is 1. The molecule has 2 bridgehead atoms. The van der Waals surface area contributed by atoms with Crippen molar-refractivity contribution in [1.82, 2.24) is 9.80 Å². The molecule has 30 heavy (non-hydrogen) atoms. The topological polar surface area (TPSA) is 87.2 Å². The highest BCUT2D eigenvalue weighted by molar-refractivity contribution is 9.09. The second-order valence-electron chi connectivity index (χ2n) is 9.08. The summed E-state index contributed by atoms with van der Waals surface area (Å²) < 4.78 is 4.59. The number of aliphatic hydroxyl groups excluding tert-OH is 1. The molecule has 1 N–H and O–H groups in total. The molecule has 3 saturated heterocycles. The Kier molecular flexibility index (Phi) is 6.66. The molecular formula is C21H31BrN2O5S. The standard InChI is InChI=1S/C21H31BrN2O5S/c1-6-8-24(20(3,4)5)18(27)16-21-11-12(22)15(30-21)13(19(28)29-7-2)14(21)17(26)23(16)9-10-25/h6,12-16,25H,1,7-11H2,2-5H3/t12?,13-,14+,15-,16?,21?/m1/s1. The van der Waals surface area contributed by atoms with Crippen molar-refractivity contribution in [2.24, 2.45) is 11.8 Å². The summed E-state index contributed by atoms with van der Waals surface area (Å²) in [5, 5.41) is 9.53. The van der Waals surface area contributed by atoms with Crippen LogP contribution in [-0.4, -0.2) is 85.4 Å². The second kappa shape index (κ2) is 8.47. The van der Waals surface area contributed by atoms with Gasteiger partial charge in [-0.2, -0.15) is 0 Å². The number of nitrogens with zero attached hydrogens (tertiary/aromatic N) is 2. The van der Waals surface area contributed by atoms with Crippen molar-refractivity contribution in [3.8, 4) is 0 Å². The van der Waals surface area contributed by atoms with Crippen molar-refractivity contribution in [2.45, 2.75) is 60.5 Å². The van der Waals surface area contributed by atoms with Crippen LogP contribution in [0.5, 0.6) is 0 Å². The minimum absolute atomic E-state index is 0.00724. The number of hydrogen-bond acceptors (Lipinski definition) is 6. The Morgan fingerprint density at radius 3 is 2.67 bits per heavy atom. The van der Waals surface area contributed by atoms with E-state index in [1.807, 2.05) is 20.8 Å². The number of carbonyl (C=O) groups is 3. The van der Waals surface area contributed by atoms with Gasteiger partial charge in [-0.3, -0.25) is 14.4 Å². The lowest BCUT2D eigenvalue weighted by Crippen LogP contribution is -2.59. The lowest BCUT2D eigenvalue weighted by molar-refractivity contribution is -0.153. The van der Waals surface area contributed by atoms with Gasteiger partial charge in [0.05, 0.1) is 29.8 Å². The fourth-order valence-electron chi connectivity index (χ4n) is 5.24. The number of fused-ring (bicyclic) bond motifs is 1. The maximum absolute atomic E-state index is 13.9. The average molecular weight is 503 g/mol. The number of esters is 1. The van der Waals surface area contributed by atoms with Crippen LogP contribution in [0, 0.1) is 11.8 Å². The van der Waals surface area contributed by atoms with Gasteiger partial charge in [-0.25, -0.2) is 0 Å². The molecular weight excluding hydrogens is 472 g/mol. The minimum atomic E-state index is -0.740. The molecule has 0 aromatic carbocycles. The lowest BCUT2D eigenvalue weighted by Gasteiger charge is -2.42. The van der Waals surface area contributed by atoms with Gasteiger partial charge in [0, 0.05) is 28.7 Å². The van der Waals surface area contributed by atoms with E-state index in [2.05, 4.69) is 22.5 Å². The Labute approximate surface area is 190 Å². The van der Waals surface area contributed by atoms with Gasteiger partial charge < -0.3 is 19.6 Å². The minimum Gasteiger partial charge on any atom is -0.466 e. The first-order valence-electron chi connectivity index (χ1n) is 10.4. The van der Waals surface area contributed by atoms with Crippen molar-refractivity contribution in [1.29, 1.82) is 0 Å². The summed E-state index contributed by atoms with van der Waals surface area (Å²) in [5.41, 5.74) is -0.469. The van der Waals surface area contributed by atoms with Gasteiger partial charge in [-0.1, -0.05) is 22.0 Å². The van der Waals surface area contributed by atoms with Crippen molar-refractivity contribution in [2.75, 3.05) is 26.3 Å². The van der Waals surface area contributed by atoms with Crippen LogP contribution in [0.3, 0.4) is 0 Å². The van der Waals surface area contributed by atoms with Crippen LogP contribution in [-0.2, 0) is 19.1 Å². The summed E-state index contributed by atoms with van der Waals surface area (Å²) in [7, 11) is 0. The summed E-state index contributed by atoms with van der Waals surface area (Å²) >= 11 is 5.27. The van der Waals surface area contributed by atoms with E-state index in [1.54, 1.807) is 29.7 Å². The number of halogens is 1. The Hall–Kier alpha value is -1.06. The molecule has 0 aromatic heterocycles. The number of carbonyl (C=O) groups excluding carboxylic acids is 3. The van der Waals surface area contributed by atoms with E-state index in [0.717, 1.165) is 0 Å². The summed E-state index contributed by atoms with van der Waals surface area (Å²) in [4.78, 5) is 43.5. The third-order valence-electron chi connectivity index (χ3n) is 6.31. The molecule has 3 aliphatic heterocycles. The van der Waals surface area contributed by atoms with Crippen LogP contribution >= 0.6 is 27.7 Å². The summed E-state index contributed by atoms with van der Waals surface area (Å²) in [6, 6.07) is -0.740. The number of amides is 2. The van der Waals surface area contributed by atoms with E-state index in [1.165, 1.54) is 4.90 Å². The van der Waals surface area contributed by atoms with Gasteiger partial charge >= 0.3 is 5.97 Å². The predicted molar refractivity (Wildman–Crippen MR) is 119 cm³/mol. The van der Waals surface area contributed by atoms with Crippen molar-refractivity contribution in [3.05, 3.63) is 12.7 Å². The van der Waals surface area contributed by atoms with Crippen LogP contribution in [0.1, 0.15) is 34.1 Å². The van der Waals surface area contributed by atoms with Crippen molar-refractivity contribution >= 4 is 45.5 Å². The van der Waals surface area contributed by atoms with Gasteiger partial charge in [0.25, 0.3) is 0 Å². The quantitative estimate of drug-likeness (QED) is 0.324. The Balaban J connectivity index is 2.08. The van der Waals surface area contributed by atoms with E-state index < -0.39 is 28.2 Å². The van der Waals surface area contributed by atoms with Crippen molar-refractivity contribution < 1.29 is 24.2 Å². The number of hydrogen-bond donors (Lipinski definition) is 1. The molecule has 1 spiro atoms. The number of thioether (sulfide) groups is 1. The summed E-state index contributed by atoms with van der Waals surface area (Å²) in [6.45, 7) is 11.8. The number of likely N-dealkylation sites (tertiary alicyclic amines) is 1. The molecule has 3 aliphatic rings. The van der Waals surface area contributed by atoms with Crippen LogP contribution < -0.4 is 0 Å². The first kappa shape index (κ1) is 23.6. The first-order chi connectivity index (χ1) is 14.0. The third-order valence-corrected chi connectivity index (χ3v) is 9.53. The predicted octanol–water partition coefficient (Wildman–Crippen LogP) is 1.82. The zero-order chi connectivity index (χ0) is 22.4. The SMILES string of the molecule is C=CCN(C(=O)C1N(CCO)C(=O)[C@@H]2[C@@H](C(=O)OCC)[C@@H]3SC12CC3Br)C(C)(C)C. The highest BCUT2D eigenvalue weighted by atomic mass is 79.9. The van der Waals surface area contributed by atoms with Gasteiger partial charge in [-0.15, -0.1) is 18.3 Å². The van der Waals surface area contributed by atoms with Gasteiger partial charge in [0.1, 0.15) is 6.04 Å². The van der Waals surface area contributed by atoms with Gasteiger partial charge in [-0.05, 0) is 34.1 Å². The maximum Gasteiger partial charge on any atom is 0.310 e. The summed E-state index contributed by atoms with van der Waals surface area (Å²) in [6.07, 6.45) is 2.29. The highest BCUT2D eigenvalue weighted by Gasteiger charge is 2.76. The fourth-order valence-corrected chi connectivity index (χ4v) is 8.83. The molecule has 3 unspecified atom stereocenters. The molecule has 0 saturated carbocycles.